The maximum absolute atomic E-state index is 6.06. The van der Waals surface area contributed by atoms with Gasteiger partial charge in [-0.25, -0.2) is 0 Å². The van der Waals surface area contributed by atoms with Crippen molar-refractivity contribution in [1.82, 2.24) is 15.0 Å². The maximum atomic E-state index is 6.06. The zero-order valence-corrected chi connectivity index (χ0v) is 10.6. The third-order valence-corrected chi connectivity index (χ3v) is 3.62. The van der Waals surface area contributed by atoms with Crippen molar-refractivity contribution in [2.24, 2.45) is 12.8 Å². The molecule has 0 spiro atoms. The molecule has 0 aliphatic heterocycles. The topological polar surface area (TPSA) is 56.7 Å². The monoisotopic (exact) mass is 286 g/mol. The van der Waals surface area contributed by atoms with Gasteiger partial charge in [-0.05, 0) is 32.9 Å². The van der Waals surface area contributed by atoms with Gasteiger partial charge in [0.2, 0.25) is 0 Å². The van der Waals surface area contributed by atoms with Crippen LogP contribution in [0.1, 0.15) is 17.3 Å². The minimum absolute atomic E-state index is 0.00995. The Morgan fingerprint density at radius 1 is 1.67 bits per heavy atom. The van der Waals surface area contributed by atoms with Crippen molar-refractivity contribution in [2.45, 2.75) is 12.5 Å². The Hall–Kier alpha value is -0.720. The molecular formula is C9H11BrN4S. The van der Waals surface area contributed by atoms with Crippen molar-refractivity contribution in [2.75, 3.05) is 0 Å². The summed E-state index contributed by atoms with van der Waals surface area (Å²) >= 11 is 5.06. The van der Waals surface area contributed by atoms with Crippen molar-refractivity contribution >= 4 is 27.3 Å². The molecule has 0 bridgehead atoms. The Morgan fingerprint density at radius 3 is 3.00 bits per heavy atom. The molecular weight excluding hydrogens is 276 g/mol. The van der Waals surface area contributed by atoms with E-state index >= 15 is 0 Å². The molecule has 1 unspecified atom stereocenters. The van der Waals surface area contributed by atoms with Crippen LogP contribution in [0.25, 0.3) is 0 Å². The van der Waals surface area contributed by atoms with E-state index in [-0.39, 0.29) is 6.04 Å². The summed E-state index contributed by atoms with van der Waals surface area (Å²) in [5, 5.41) is 9.95. The predicted octanol–water partition coefficient (Wildman–Crippen LogP) is 1.88. The molecule has 2 N–H and O–H groups in total. The van der Waals surface area contributed by atoms with E-state index in [2.05, 4.69) is 31.6 Å². The van der Waals surface area contributed by atoms with E-state index in [9.17, 15) is 0 Å². The highest BCUT2D eigenvalue weighted by atomic mass is 79.9. The lowest BCUT2D eigenvalue weighted by Gasteiger charge is -2.06. The largest absolute Gasteiger partial charge is 0.324 e. The Bertz CT molecular complexity index is 450. The molecule has 2 heterocycles. The second kappa shape index (κ2) is 4.42. The van der Waals surface area contributed by atoms with Crippen LogP contribution in [0.5, 0.6) is 0 Å². The number of hydrogen-bond donors (Lipinski definition) is 1. The molecule has 0 radical (unpaired) electrons. The minimum Gasteiger partial charge on any atom is -0.324 e. The van der Waals surface area contributed by atoms with E-state index in [4.69, 9.17) is 5.73 Å². The lowest BCUT2D eigenvalue weighted by Crippen LogP contribution is -2.12. The lowest BCUT2D eigenvalue weighted by atomic mass is 10.1. The third kappa shape index (κ3) is 2.64. The van der Waals surface area contributed by atoms with Gasteiger partial charge in [0, 0.05) is 25.7 Å². The second-order valence-corrected chi connectivity index (χ2v) is 5.67. The fourth-order valence-electron chi connectivity index (χ4n) is 1.35. The molecule has 0 fully saturated rings. The van der Waals surface area contributed by atoms with Gasteiger partial charge in [-0.2, -0.15) is 0 Å². The van der Waals surface area contributed by atoms with Gasteiger partial charge in [-0.3, -0.25) is 4.68 Å². The van der Waals surface area contributed by atoms with Gasteiger partial charge in [0.25, 0.3) is 0 Å². The molecule has 0 amide bonds. The molecule has 80 valence electrons. The third-order valence-electron chi connectivity index (χ3n) is 2.10. The molecule has 0 aliphatic carbocycles. The van der Waals surface area contributed by atoms with Gasteiger partial charge < -0.3 is 5.73 Å². The second-order valence-electron chi connectivity index (χ2n) is 3.38. The summed E-state index contributed by atoms with van der Waals surface area (Å²) in [6.45, 7) is 0. The minimum atomic E-state index is -0.00995. The maximum Gasteiger partial charge on any atom is 0.0845 e. The van der Waals surface area contributed by atoms with Gasteiger partial charge in [0.1, 0.15) is 0 Å². The van der Waals surface area contributed by atoms with Crippen LogP contribution >= 0.6 is 27.3 Å². The normalized spacial score (nSPS) is 13.0. The first-order valence-corrected chi connectivity index (χ1v) is 6.17. The fraction of sp³-hybridized carbons (Fsp3) is 0.333. The highest BCUT2D eigenvalue weighted by Crippen LogP contribution is 2.25. The number of halogens is 1. The molecule has 15 heavy (non-hydrogen) atoms. The van der Waals surface area contributed by atoms with Crippen molar-refractivity contribution in [3.8, 4) is 0 Å². The smallest absolute Gasteiger partial charge is 0.0845 e. The van der Waals surface area contributed by atoms with Crippen LogP contribution in [-0.2, 0) is 13.5 Å². The van der Waals surface area contributed by atoms with Crippen LogP contribution < -0.4 is 5.73 Å². The fourth-order valence-corrected chi connectivity index (χ4v) is 2.59. The first kappa shape index (κ1) is 10.8. The SMILES string of the molecule is Cn1cc(CC(N)c2csc(Br)c2)nn1. The summed E-state index contributed by atoms with van der Waals surface area (Å²) in [5.41, 5.74) is 8.12. The van der Waals surface area contributed by atoms with E-state index in [1.54, 1.807) is 16.0 Å². The molecule has 0 saturated heterocycles. The van der Waals surface area contributed by atoms with Crippen molar-refractivity contribution < 1.29 is 0 Å². The number of nitrogens with zero attached hydrogens (tertiary/aromatic N) is 3. The van der Waals surface area contributed by atoms with Crippen LogP contribution in [0.4, 0.5) is 0 Å². The van der Waals surface area contributed by atoms with Crippen LogP contribution in [-0.4, -0.2) is 15.0 Å². The molecule has 0 aromatic carbocycles. The highest BCUT2D eigenvalue weighted by molar-refractivity contribution is 9.11. The Labute approximate surface area is 100 Å². The van der Waals surface area contributed by atoms with Crippen molar-refractivity contribution in [3.05, 3.63) is 32.7 Å². The standard InChI is InChI=1S/C9H11BrN4S/c1-14-4-7(12-13-14)3-8(11)6-2-9(10)15-5-6/h2,4-5,8H,3,11H2,1H3. The molecule has 0 saturated carbocycles. The number of aryl methyl sites for hydroxylation is 1. The quantitative estimate of drug-likeness (QED) is 0.937. The van der Waals surface area contributed by atoms with Gasteiger partial charge in [0.15, 0.2) is 0 Å². The van der Waals surface area contributed by atoms with Gasteiger partial charge in [-0.15, -0.1) is 16.4 Å². The average Bonchev–Trinajstić information content (AvgIpc) is 2.75. The first-order chi connectivity index (χ1) is 7.15. The summed E-state index contributed by atoms with van der Waals surface area (Å²) < 4.78 is 2.79. The number of thiophene rings is 1. The predicted molar refractivity (Wildman–Crippen MR) is 63.7 cm³/mol. The van der Waals surface area contributed by atoms with Gasteiger partial charge in [0.05, 0.1) is 9.48 Å². The zero-order valence-electron chi connectivity index (χ0n) is 8.22. The summed E-state index contributed by atoms with van der Waals surface area (Å²) in [6.07, 6.45) is 2.61. The molecule has 2 rings (SSSR count). The number of rotatable bonds is 3. The Kier molecular flexibility index (Phi) is 3.18. The molecule has 0 aliphatic rings. The van der Waals surface area contributed by atoms with Crippen LogP contribution in [0.15, 0.2) is 21.4 Å². The molecule has 6 heteroatoms. The van der Waals surface area contributed by atoms with Crippen LogP contribution in [0.3, 0.4) is 0 Å². The van der Waals surface area contributed by atoms with Crippen molar-refractivity contribution in [1.29, 1.82) is 0 Å². The van der Waals surface area contributed by atoms with E-state index < -0.39 is 0 Å². The number of nitrogens with two attached hydrogens (primary N) is 1. The lowest BCUT2D eigenvalue weighted by molar-refractivity contribution is 0.695. The first-order valence-electron chi connectivity index (χ1n) is 4.50. The van der Waals surface area contributed by atoms with Gasteiger partial charge >= 0.3 is 0 Å². The Morgan fingerprint density at radius 2 is 2.47 bits per heavy atom. The number of hydrogen-bond acceptors (Lipinski definition) is 4. The zero-order chi connectivity index (χ0) is 10.8. The average molecular weight is 287 g/mol. The van der Waals surface area contributed by atoms with E-state index in [0.29, 0.717) is 0 Å². The highest BCUT2D eigenvalue weighted by Gasteiger charge is 2.10. The van der Waals surface area contributed by atoms with Crippen LogP contribution in [0, 0.1) is 0 Å². The van der Waals surface area contributed by atoms with Gasteiger partial charge in [-0.1, -0.05) is 5.21 Å². The molecule has 4 nitrogen and oxygen atoms in total. The molecule has 2 aromatic heterocycles. The summed E-state index contributed by atoms with van der Waals surface area (Å²) in [4.78, 5) is 0. The Balaban J connectivity index is 2.06. The van der Waals surface area contributed by atoms with E-state index in [1.165, 1.54) is 0 Å². The van der Waals surface area contributed by atoms with Crippen molar-refractivity contribution in [3.63, 3.8) is 0 Å². The number of aromatic nitrogens is 3. The van der Waals surface area contributed by atoms with Crippen LogP contribution in [0.2, 0.25) is 0 Å². The summed E-state index contributed by atoms with van der Waals surface area (Å²) in [7, 11) is 1.85. The summed E-state index contributed by atoms with van der Waals surface area (Å²) in [6, 6.07) is 2.04. The molecule has 1 atom stereocenters. The van der Waals surface area contributed by atoms with E-state index in [0.717, 1.165) is 21.5 Å². The molecule has 2 aromatic rings. The van der Waals surface area contributed by atoms with E-state index in [1.807, 2.05) is 19.3 Å². The summed E-state index contributed by atoms with van der Waals surface area (Å²) in [5.74, 6) is 0.